The van der Waals surface area contributed by atoms with Gasteiger partial charge in [-0.15, -0.1) is 0 Å². The summed E-state index contributed by atoms with van der Waals surface area (Å²) >= 11 is 0. The van der Waals surface area contributed by atoms with Gasteiger partial charge in [0.15, 0.2) is 0 Å². The zero-order chi connectivity index (χ0) is 12.7. The molecule has 2 N–H and O–H groups in total. The first-order valence-electron chi connectivity index (χ1n) is 7.03. The summed E-state index contributed by atoms with van der Waals surface area (Å²) in [5.74, 6) is 0.913. The molecule has 1 aliphatic carbocycles. The maximum Gasteiger partial charge on any atom is 0.226 e. The number of hydrogen-bond acceptors (Lipinski definition) is 2. The van der Waals surface area contributed by atoms with Gasteiger partial charge in [-0.25, -0.2) is 0 Å². The lowest BCUT2D eigenvalue weighted by Gasteiger charge is -2.29. The third kappa shape index (κ3) is 4.30. The molecule has 1 saturated carbocycles. The first-order valence-corrected chi connectivity index (χ1v) is 7.03. The molecular weight excluding hydrogens is 212 g/mol. The Hall–Kier alpha value is -0.570. The van der Waals surface area contributed by atoms with Crippen LogP contribution in [-0.2, 0) is 4.79 Å². The van der Waals surface area contributed by atoms with E-state index >= 15 is 0 Å². The van der Waals surface area contributed by atoms with Gasteiger partial charge in [0.05, 0.1) is 0 Å². The van der Waals surface area contributed by atoms with Crippen LogP contribution in [0.3, 0.4) is 0 Å². The summed E-state index contributed by atoms with van der Waals surface area (Å²) in [5.41, 5.74) is -0.0478. The van der Waals surface area contributed by atoms with Crippen molar-refractivity contribution in [1.29, 1.82) is 0 Å². The molecule has 17 heavy (non-hydrogen) atoms. The summed E-state index contributed by atoms with van der Waals surface area (Å²) in [5, 5.41) is 6.23. The Kier molecular flexibility index (Phi) is 5.96. The summed E-state index contributed by atoms with van der Waals surface area (Å²) in [6.45, 7) is 6.21. The molecule has 1 aliphatic rings. The van der Waals surface area contributed by atoms with Gasteiger partial charge in [0.2, 0.25) is 5.91 Å². The van der Waals surface area contributed by atoms with Crippen LogP contribution in [0.15, 0.2) is 0 Å². The fraction of sp³-hybridized carbons (Fsp3) is 0.929. The smallest absolute Gasteiger partial charge is 0.226 e. The van der Waals surface area contributed by atoms with Crippen molar-refractivity contribution < 1.29 is 4.79 Å². The predicted molar refractivity (Wildman–Crippen MR) is 71.9 cm³/mol. The fourth-order valence-electron chi connectivity index (χ4n) is 3.01. The number of amides is 1. The molecule has 0 bridgehead atoms. The molecule has 0 spiro atoms. The van der Waals surface area contributed by atoms with Crippen molar-refractivity contribution in [3.8, 4) is 0 Å². The summed E-state index contributed by atoms with van der Waals surface area (Å²) in [4.78, 5) is 12.3. The van der Waals surface area contributed by atoms with E-state index in [4.69, 9.17) is 0 Å². The number of rotatable bonds is 7. The maximum absolute atomic E-state index is 12.3. The minimum atomic E-state index is -0.0478. The Balaban J connectivity index is 2.43. The summed E-state index contributed by atoms with van der Waals surface area (Å²) in [7, 11) is 1.94. The van der Waals surface area contributed by atoms with Crippen LogP contribution >= 0.6 is 0 Å². The molecule has 0 heterocycles. The summed E-state index contributed by atoms with van der Waals surface area (Å²) in [6, 6.07) is 0. The van der Waals surface area contributed by atoms with Gasteiger partial charge in [0.1, 0.15) is 0 Å². The highest BCUT2D eigenvalue weighted by atomic mass is 16.2. The van der Waals surface area contributed by atoms with E-state index in [1.165, 1.54) is 12.8 Å². The van der Waals surface area contributed by atoms with E-state index in [1.54, 1.807) is 0 Å². The van der Waals surface area contributed by atoms with Gasteiger partial charge in [-0.3, -0.25) is 4.79 Å². The van der Waals surface area contributed by atoms with Crippen molar-refractivity contribution in [3.05, 3.63) is 0 Å². The number of carbonyl (C=O) groups is 1. The average molecular weight is 240 g/mol. The normalized spacial score (nSPS) is 18.6. The molecule has 3 heteroatoms. The van der Waals surface area contributed by atoms with E-state index < -0.39 is 0 Å². The van der Waals surface area contributed by atoms with Gasteiger partial charge >= 0.3 is 0 Å². The first kappa shape index (κ1) is 14.5. The van der Waals surface area contributed by atoms with Crippen LogP contribution in [0.5, 0.6) is 0 Å². The van der Waals surface area contributed by atoms with Gasteiger partial charge in [-0.2, -0.15) is 0 Å². The van der Waals surface area contributed by atoms with Crippen LogP contribution in [0.1, 0.15) is 52.4 Å². The second-order valence-corrected chi connectivity index (χ2v) is 5.80. The highest BCUT2D eigenvalue weighted by molar-refractivity contribution is 5.82. The first-order chi connectivity index (χ1) is 8.10. The SMILES string of the molecule is CNCCCNC(=O)C1(CC(C)C)CCCC1. The highest BCUT2D eigenvalue weighted by Gasteiger charge is 2.40. The van der Waals surface area contributed by atoms with Crippen LogP contribution in [0.2, 0.25) is 0 Å². The molecule has 0 aliphatic heterocycles. The fourth-order valence-corrected chi connectivity index (χ4v) is 3.01. The average Bonchev–Trinajstić information content (AvgIpc) is 2.73. The van der Waals surface area contributed by atoms with E-state index in [-0.39, 0.29) is 5.41 Å². The number of nitrogens with one attached hydrogen (secondary N) is 2. The second kappa shape index (κ2) is 7.00. The molecule has 0 aromatic carbocycles. The van der Waals surface area contributed by atoms with Crippen LogP contribution in [0.25, 0.3) is 0 Å². The molecule has 1 fully saturated rings. The lowest BCUT2D eigenvalue weighted by molar-refractivity contribution is -0.131. The molecular formula is C14H28N2O. The van der Waals surface area contributed by atoms with Crippen molar-refractivity contribution in [2.75, 3.05) is 20.1 Å². The molecule has 1 rings (SSSR count). The van der Waals surface area contributed by atoms with Gasteiger partial charge in [-0.1, -0.05) is 26.7 Å². The van der Waals surface area contributed by atoms with Crippen LogP contribution in [-0.4, -0.2) is 26.0 Å². The largest absolute Gasteiger partial charge is 0.356 e. The van der Waals surface area contributed by atoms with Gasteiger partial charge in [-0.05, 0) is 45.2 Å². The lowest BCUT2D eigenvalue weighted by atomic mass is 9.77. The van der Waals surface area contributed by atoms with E-state index in [0.29, 0.717) is 11.8 Å². The highest BCUT2D eigenvalue weighted by Crippen LogP contribution is 2.43. The summed E-state index contributed by atoms with van der Waals surface area (Å²) < 4.78 is 0. The van der Waals surface area contributed by atoms with Gasteiger partial charge < -0.3 is 10.6 Å². The van der Waals surface area contributed by atoms with E-state index in [9.17, 15) is 4.79 Å². The molecule has 0 aromatic heterocycles. The molecule has 0 atom stereocenters. The minimum Gasteiger partial charge on any atom is -0.356 e. The van der Waals surface area contributed by atoms with Crippen molar-refractivity contribution in [3.63, 3.8) is 0 Å². The monoisotopic (exact) mass is 240 g/mol. The minimum absolute atomic E-state index is 0.0478. The Morgan fingerprint density at radius 3 is 2.41 bits per heavy atom. The number of carbonyl (C=O) groups excluding carboxylic acids is 1. The van der Waals surface area contributed by atoms with Gasteiger partial charge in [0, 0.05) is 12.0 Å². The predicted octanol–water partition coefficient (Wildman–Crippen LogP) is 2.32. The van der Waals surface area contributed by atoms with E-state index in [2.05, 4.69) is 24.5 Å². The van der Waals surface area contributed by atoms with E-state index in [0.717, 1.165) is 38.8 Å². The van der Waals surface area contributed by atoms with Crippen molar-refractivity contribution in [2.45, 2.75) is 52.4 Å². The van der Waals surface area contributed by atoms with Crippen LogP contribution < -0.4 is 10.6 Å². The molecule has 0 saturated heterocycles. The zero-order valence-electron chi connectivity index (χ0n) is 11.6. The summed E-state index contributed by atoms with van der Waals surface area (Å²) in [6.07, 6.45) is 6.67. The Morgan fingerprint density at radius 2 is 1.88 bits per heavy atom. The Labute approximate surface area is 106 Å². The van der Waals surface area contributed by atoms with Crippen LogP contribution in [0.4, 0.5) is 0 Å². The van der Waals surface area contributed by atoms with Crippen molar-refractivity contribution in [1.82, 2.24) is 10.6 Å². The zero-order valence-corrected chi connectivity index (χ0v) is 11.6. The topological polar surface area (TPSA) is 41.1 Å². The lowest BCUT2D eigenvalue weighted by Crippen LogP contribution is -2.41. The molecule has 3 nitrogen and oxygen atoms in total. The number of hydrogen-bond donors (Lipinski definition) is 2. The van der Waals surface area contributed by atoms with Gasteiger partial charge in [0.25, 0.3) is 0 Å². The molecule has 0 unspecified atom stereocenters. The maximum atomic E-state index is 12.3. The molecule has 1 amide bonds. The third-order valence-electron chi connectivity index (χ3n) is 3.73. The third-order valence-corrected chi connectivity index (χ3v) is 3.73. The quantitative estimate of drug-likeness (QED) is 0.671. The molecule has 0 radical (unpaired) electrons. The molecule has 100 valence electrons. The van der Waals surface area contributed by atoms with E-state index in [1.807, 2.05) is 7.05 Å². The van der Waals surface area contributed by atoms with Crippen LogP contribution in [0, 0.1) is 11.3 Å². The molecule has 0 aromatic rings. The Bertz CT molecular complexity index is 232. The Morgan fingerprint density at radius 1 is 1.24 bits per heavy atom. The second-order valence-electron chi connectivity index (χ2n) is 5.80. The van der Waals surface area contributed by atoms with Crippen molar-refractivity contribution in [2.24, 2.45) is 11.3 Å². The standard InChI is InChI=1S/C14H28N2O/c1-12(2)11-14(7-4-5-8-14)13(17)16-10-6-9-15-3/h12,15H,4-11H2,1-3H3,(H,16,17). The van der Waals surface area contributed by atoms with Crippen molar-refractivity contribution >= 4 is 5.91 Å².